The molecular formula is C24H20NO+. The Morgan fingerprint density at radius 1 is 0.885 bits per heavy atom. The number of benzene rings is 3. The maximum Gasteiger partial charge on any atom is 0.257 e. The van der Waals surface area contributed by atoms with Crippen LogP contribution in [0.15, 0.2) is 71.3 Å². The van der Waals surface area contributed by atoms with Crippen molar-refractivity contribution in [3.63, 3.8) is 0 Å². The van der Waals surface area contributed by atoms with Crippen LogP contribution in [0, 0.1) is 20.7 Å². The molecule has 0 N–H and O–H groups in total. The molecule has 5 rings (SSSR count). The lowest BCUT2D eigenvalue weighted by Crippen LogP contribution is -2.34. The van der Waals surface area contributed by atoms with Gasteiger partial charge in [-0.1, -0.05) is 30.3 Å². The largest absolute Gasteiger partial charge is 0.449 e. The number of hydrogen-bond donors (Lipinski definition) is 0. The molecule has 2 aromatic heterocycles. The first-order chi connectivity index (χ1) is 13.8. The van der Waals surface area contributed by atoms with Crippen molar-refractivity contribution in [3.8, 4) is 5.69 Å². The number of rotatable bonds is 1. The minimum absolute atomic E-state index is 0.340. The molecule has 0 atom stereocenters. The quantitative estimate of drug-likeness (QED) is 0.345. The average molecular weight is 341 g/mol. The molecule has 2 nitrogen and oxygen atoms in total. The monoisotopic (exact) mass is 341 g/mol. The van der Waals surface area contributed by atoms with Gasteiger partial charge in [0.15, 0.2) is 11.9 Å². The van der Waals surface area contributed by atoms with Crippen molar-refractivity contribution in [1.82, 2.24) is 0 Å². The fraction of sp³-hybridized carbons (Fsp3) is 0.125. The summed E-state index contributed by atoms with van der Waals surface area (Å²) >= 11 is 0. The van der Waals surface area contributed by atoms with Crippen LogP contribution in [-0.4, -0.2) is 0 Å². The molecule has 3 aromatic carbocycles. The molecule has 5 aromatic rings. The van der Waals surface area contributed by atoms with Gasteiger partial charge >= 0.3 is 0 Å². The predicted molar refractivity (Wildman–Crippen MR) is 107 cm³/mol. The van der Waals surface area contributed by atoms with Crippen molar-refractivity contribution in [3.05, 3.63) is 83.7 Å². The zero-order chi connectivity index (χ0) is 20.3. The van der Waals surface area contributed by atoms with Crippen molar-refractivity contribution >= 4 is 32.7 Å². The smallest absolute Gasteiger partial charge is 0.257 e. The second-order valence-corrected chi connectivity index (χ2v) is 6.83. The van der Waals surface area contributed by atoms with Crippen LogP contribution < -0.4 is 4.57 Å². The Morgan fingerprint density at radius 3 is 2.46 bits per heavy atom. The molecule has 0 saturated carbocycles. The topological polar surface area (TPSA) is 17.0 Å². The zero-order valence-corrected chi connectivity index (χ0v) is 14.7. The van der Waals surface area contributed by atoms with Crippen LogP contribution in [0.25, 0.3) is 38.4 Å². The van der Waals surface area contributed by atoms with E-state index in [1.807, 2.05) is 36.7 Å². The van der Waals surface area contributed by atoms with Gasteiger partial charge in [0.05, 0.1) is 0 Å². The second-order valence-electron chi connectivity index (χ2n) is 6.83. The van der Waals surface area contributed by atoms with E-state index in [4.69, 9.17) is 8.53 Å². The summed E-state index contributed by atoms with van der Waals surface area (Å²) in [5.74, 6) is 0. The number of pyridine rings is 1. The van der Waals surface area contributed by atoms with Crippen molar-refractivity contribution in [2.75, 3.05) is 0 Å². The van der Waals surface area contributed by atoms with Crippen molar-refractivity contribution in [1.29, 1.82) is 0 Å². The standard InChI is InChI=1S/C24H20NO/c1-15-10-11-25(17(3)12-15)23-16(2)8-9-20-21-13-18-6-4-5-7-19(18)14-22(21)26-24(20)23/h4-14H,1-3H3/q+1/i1D3. The zero-order valence-electron chi connectivity index (χ0n) is 17.7. The van der Waals surface area contributed by atoms with E-state index in [0.29, 0.717) is 5.56 Å². The molecule has 26 heavy (non-hydrogen) atoms. The maximum absolute atomic E-state index is 7.67. The third-order valence-electron chi connectivity index (χ3n) is 5.07. The van der Waals surface area contributed by atoms with Crippen LogP contribution >= 0.6 is 0 Å². The van der Waals surface area contributed by atoms with Gasteiger partial charge in [-0.2, -0.15) is 4.57 Å². The molecule has 0 spiro atoms. The number of hydrogen-bond acceptors (Lipinski definition) is 1. The average Bonchev–Trinajstić information content (AvgIpc) is 3.03. The molecule has 0 saturated heterocycles. The van der Waals surface area contributed by atoms with Gasteiger partial charge in [-0.15, -0.1) is 0 Å². The van der Waals surface area contributed by atoms with Crippen molar-refractivity contribution < 1.29 is 13.1 Å². The van der Waals surface area contributed by atoms with Crippen LogP contribution in [0.5, 0.6) is 0 Å². The molecule has 0 amide bonds. The fourth-order valence-corrected chi connectivity index (χ4v) is 3.77. The summed E-state index contributed by atoms with van der Waals surface area (Å²) < 4.78 is 31.4. The summed E-state index contributed by atoms with van der Waals surface area (Å²) in [6, 6.07) is 20.1. The van der Waals surface area contributed by atoms with Crippen LogP contribution in [-0.2, 0) is 0 Å². The van der Waals surface area contributed by atoms with Gasteiger partial charge in [0.25, 0.3) is 5.69 Å². The van der Waals surface area contributed by atoms with Crippen molar-refractivity contribution in [2.45, 2.75) is 20.7 Å². The van der Waals surface area contributed by atoms with Crippen LogP contribution in [0.3, 0.4) is 0 Å². The van der Waals surface area contributed by atoms with Gasteiger partial charge in [-0.25, -0.2) is 0 Å². The molecule has 0 radical (unpaired) electrons. The summed E-state index contributed by atoms with van der Waals surface area (Å²) in [7, 11) is 0. The summed E-state index contributed by atoms with van der Waals surface area (Å²) in [6.45, 7) is 1.84. The lowest BCUT2D eigenvalue weighted by molar-refractivity contribution is -0.602. The molecule has 2 heteroatoms. The van der Waals surface area contributed by atoms with Crippen molar-refractivity contribution in [2.24, 2.45) is 0 Å². The number of aryl methyl sites for hydroxylation is 3. The molecule has 0 fully saturated rings. The van der Waals surface area contributed by atoms with E-state index < -0.39 is 6.85 Å². The minimum Gasteiger partial charge on any atom is -0.449 e. The highest BCUT2D eigenvalue weighted by molar-refractivity contribution is 6.11. The summed E-state index contributed by atoms with van der Waals surface area (Å²) in [6.07, 6.45) is 1.82. The SMILES string of the molecule is [2H]C([2H])([2H])c1cc[n+](-c2c(C)ccc3c2oc2cc4ccccc4cc23)c(C)c1. The van der Waals surface area contributed by atoms with Gasteiger partial charge in [0, 0.05) is 39.5 Å². The van der Waals surface area contributed by atoms with Gasteiger partial charge in [0.1, 0.15) is 5.58 Å². The molecule has 2 heterocycles. The third kappa shape index (κ3) is 2.15. The van der Waals surface area contributed by atoms with E-state index in [0.717, 1.165) is 44.3 Å². The van der Waals surface area contributed by atoms with E-state index in [9.17, 15) is 0 Å². The first-order valence-electron chi connectivity index (χ1n) is 10.2. The van der Waals surface area contributed by atoms with E-state index in [-0.39, 0.29) is 0 Å². The first-order valence-corrected chi connectivity index (χ1v) is 8.71. The Bertz CT molecular complexity index is 1410. The molecule has 0 aliphatic heterocycles. The molecule has 0 unspecified atom stereocenters. The summed E-state index contributed by atoms with van der Waals surface area (Å²) in [4.78, 5) is 0. The molecule has 0 aliphatic carbocycles. The molecule has 126 valence electrons. The molecule has 0 aliphatic rings. The fourth-order valence-electron chi connectivity index (χ4n) is 3.77. The number of aromatic nitrogens is 1. The number of furan rings is 1. The van der Waals surface area contributed by atoms with Gasteiger partial charge in [-0.3, -0.25) is 0 Å². The minimum atomic E-state index is -2.12. The number of nitrogens with zero attached hydrogens (tertiary/aromatic N) is 1. The van der Waals surface area contributed by atoms with Crippen LogP contribution in [0.2, 0.25) is 0 Å². The Hall–Kier alpha value is -3.13. The van der Waals surface area contributed by atoms with E-state index in [1.54, 1.807) is 12.1 Å². The summed E-state index contributed by atoms with van der Waals surface area (Å²) in [5.41, 5.74) is 4.85. The van der Waals surface area contributed by atoms with Crippen LogP contribution in [0.1, 0.15) is 20.9 Å². The Labute approximate surface area is 156 Å². The summed E-state index contributed by atoms with van der Waals surface area (Å²) in [5, 5.41) is 4.45. The van der Waals surface area contributed by atoms with Crippen LogP contribution in [0.4, 0.5) is 0 Å². The maximum atomic E-state index is 7.67. The highest BCUT2D eigenvalue weighted by Gasteiger charge is 2.22. The Balaban J connectivity index is 1.82. The Kier molecular flexibility index (Phi) is 2.56. The Morgan fingerprint density at radius 2 is 1.69 bits per heavy atom. The van der Waals surface area contributed by atoms with Gasteiger partial charge in [-0.05, 0) is 48.3 Å². The highest BCUT2D eigenvalue weighted by atomic mass is 16.3. The molecule has 0 bridgehead atoms. The van der Waals surface area contributed by atoms with Gasteiger partial charge in [0.2, 0.25) is 5.58 Å². The van der Waals surface area contributed by atoms with E-state index in [2.05, 4.69) is 36.4 Å². The van der Waals surface area contributed by atoms with E-state index in [1.165, 1.54) is 5.39 Å². The lowest BCUT2D eigenvalue weighted by Gasteiger charge is -2.04. The third-order valence-corrected chi connectivity index (χ3v) is 5.07. The van der Waals surface area contributed by atoms with Gasteiger partial charge < -0.3 is 4.42 Å². The van der Waals surface area contributed by atoms with E-state index >= 15 is 0 Å². The highest BCUT2D eigenvalue weighted by Crippen LogP contribution is 2.35. The predicted octanol–water partition coefficient (Wildman–Crippen LogP) is 5.94. The normalized spacial score (nSPS) is 13.8. The first kappa shape index (κ1) is 12.3. The lowest BCUT2D eigenvalue weighted by atomic mass is 10.0. The second kappa shape index (κ2) is 5.43. The molecular weight excluding hydrogens is 318 g/mol. The number of fused-ring (bicyclic) bond motifs is 4.